The first-order chi connectivity index (χ1) is 7.70. The first kappa shape index (κ1) is 12.4. The van der Waals surface area contributed by atoms with E-state index in [1.54, 1.807) is 23.2 Å². The Bertz CT molecular complexity index is 350. The second-order valence-electron chi connectivity index (χ2n) is 3.22. The van der Waals surface area contributed by atoms with Gasteiger partial charge in [-0.3, -0.25) is 5.41 Å². The molecule has 5 N–H and O–H groups in total. The van der Waals surface area contributed by atoms with Crippen LogP contribution in [0.5, 0.6) is 0 Å². The van der Waals surface area contributed by atoms with E-state index in [4.69, 9.17) is 21.4 Å². The molecule has 0 radical (unpaired) electrons. The van der Waals surface area contributed by atoms with E-state index in [2.05, 4.69) is 4.98 Å². The van der Waals surface area contributed by atoms with E-state index in [0.717, 1.165) is 0 Å². The molecule has 0 saturated carbocycles. The Labute approximate surface area is 93.8 Å². The van der Waals surface area contributed by atoms with Crippen LogP contribution in [0.3, 0.4) is 0 Å². The number of aliphatic hydroxyl groups excluding tert-OH is 2. The zero-order valence-electron chi connectivity index (χ0n) is 8.93. The smallest absolute Gasteiger partial charge is 0.139 e. The number of aliphatic hydroxyl groups is 2. The summed E-state index contributed by atoms with van der Waals surface area (Å²) in [4.78, 5) is 5.81. The Hall–Kier alpha value is -1.66. The molecular weight excluding hydrogens is 208 g/mol. The van der Waals surface area contributed by atoms with Gasteiger partial charge in [0.1, 0.15) is 11.7 Å². The van der Waals surface area contributed by atoms with Crippen LogP contribution in [0.15, 0.2) is 18.3 Å². The molecule has 0 aliphatic rings. The number of anilines is 1. The van der Waals surface area contributed by atoms with Crippen molar-refractivity contribution in [2.45, 2.75) is 0 Å². The highest BCUT2D eigenvalue weighted by molar-refractivity contribution is 5.99. The van der Waals surface area contributed by atoms with Gasteiger partial charge in [-0.05, 0) is 12.1 Å². The van der Waals surface area contributed by atoms with E-state index >= 15 is 0 Å². The van der Waals surface area contributed by atoms with Crippen LogP contribution in [0.25, 0.3) is 0 Å². The van der Waals surface area contributed by atoms with E-state index < -0.39 is 0 Å². The van der Waals surface area contributed by atoms with Gasteiger partial charge in [-0.2, -0.15) is 0 Å². The molecule has 1 aromatic heterocycles. The van der Waals surface area contributed by atoms with E-state index in [-0.39, 0.29) is 19.0 Å². The maximum Gasteiger partial charge on any atom is 0.139 e. The van der Waals surface area contributed by atoms with Gasteiger partial charge in [-0.15, -0.1) is 0 Å². The minimum atomic E-state index is -0.0796. The lowest BCUT2D eigenvalue weighted by Gasteiger charge is -2.23. The Morgan fingerprint density at radius 1 is 1.38 bits per heavy atom. The highest BCUT2D eigenvalue weighted by Crippen LogP contribution is 2.15. The van der Waals surface area contributed by atoms with Crippen LogP contribution in [0.4, 0.5) is 5.82 Å². The lowest BCUT2D eigenvalue weighted by atomic mass is 10.2. The van der Waals surface area contributed by atoms with Crippen molar-refractivity contribution in [2.24, 2.45) is 5.73 Å². The van der Waals surface area contributed by atoms with Crippen LogP contribution in [0.1, 0.15) is 5.56 Å². The monoisotopic (exact) mass is 224 g/mol. The second kappa shape index (κ2) is 6.04. The van der Waals surface area contributed by atoms with Gasteiger partial charge in [0.25, 0.3) is 0 Å². The molecule has 0 unspecified atom stereocenters. The van der Waals surface area contributed by atoms with Crippen LogP contribution < -0.4 is 10.6 Å². The fourth-order valence-corrected chi connectivity index (χ4v) is 1.42. The molecule has 0 aliphatic carbocycles. The van der Waals surface area contributed by atoms with Crippen LogP contribution in [-0.4, -0.2) is 47.3 Å². The van der Waals surface area contributed by atoms with Crippen molar-refractivity contribution in [3.8, 4) is 0 Å². The number of nitrogens with two attached hydrogens (primary N) is 1. The number of nitrogens with zero attached hydrogens (tertiary/aromatic N) is 2. The molecule has 0 atom stereocenters. The van der Waals surface area contributed by atoms with Crippen LogP contribution >= 0.6 is 0 Å². The largest absolute Gasteiger partial charge is 0.395 e. The molecule has 1 aromatic rings. The lowest BCUT2D eigenvalue weighted by Crippen LogP contribution is -2.32. The van der Waals surface area contributed by atoms with Gasteiger partial charge in [-0.25, -0.2) is 4.98 Å². The van der Waals surface area contributed by atoms with E-state index in [9.17, 15) is 0 Å². The zero-order chi connectivity index (χ0) is 12.0. The number of amidine groups is 1. The molecule has 0 saturated heterocycles. The number of pyridine rings is 1. The summed E-state index contributed by atoms with van der Waals surface area (Å²) in [5, 5.41) is 25.3. The third-order valence-electron chi connectivity index (χ3n) is 2.12. The van der Waals surface area contributed by atoms with Crippen LogP contribution in [0, 0.1) is 5.41 Å². The third-order valence-corrected chi connectivity index (χ3v) is 2.12. The summed E-state index contributed by atoms with van der Waals surface area (Å²) in [5.74, 6) is 0.432. The fraction of sp³-hybridized carbons (Fsp3) is 0.400. The first-order valence-corrected chi connectivity index (χ1v) is 4.96. The molecule has 0 fully saturated rings. The first-order valence-electron chi connectivity index (χ1n) is 4.96. The zero-order valence-corrected chi connectivity index (χ0v) is 8.93. The topological polar surface area (TPSA) is 106 Å². The van der Waals surface area contributed by atoms with Gasteiger partial charge in [0.15, 0.2) is 0 Å². The van der Waals surface area contributed by atoms with Gasteiger partial charge in [0, 0.05) is 19.3 Å². The van der Waals surface area contributed by atoms with Gasteiger partial charge >= 0.3 is 0 Å². The summed E-state index contributed by atoms with van der Waals surface area (Å²) in [6.07, 6.45) is 1.59. The third kappa shape index (κ3) is 2.91. The minimum absolute atomic E-state index is 0.0477. The van der Waals surface area contributed by atoms with Crippen LogP contribution in [-0.2, 0) is 0 Å². The number of nitrogen functional groups attached to an aromatic ring is 1. The average molecular weight is 224 g/mol. The SMILES string of the molecule is N=C(N)c1cccnc1N(CCO)CCO. The van der Waals surface area contributed by atoms with Crippen molar-refractivity contribution in [1.82, 2.24) is 4.98 Å². The molecule has 0 bridgehead atoms. The number of nitrogens with one attached hydrogen (secondary N) is 1. The predicted molar refractivity (Wildman–Crippen MR) is 61.6 cm³/mol. The lowest BCUT2D eigenvalue weighted by molar-refractivity contribution is 0.280. The van der Waals surface area contributed by atoms with Crippen molar-refractivity contribution in [3.63, 3.8) is 0 Å². The van der Waals surface area contributed by atoms with Gasteiger partial charge in [0.05, 0.1) is 18.8 Å². The van der Waals surface area contributed by atoms with Gasteiger partial charge < -0.3 is 20.8 Å². The summed E-state index contributed by atoms with van der Waals surface area (Å²) < 4.78 is 0. The Balaban J connectivity index is 3.02. The van der Waals surface area contributed by atoms with Crippen LogP contribution in [0.2, 0.25) is 0 Å². The van der Waals surface area contributed by atoms with Gasteiger partial charge in [-0.1, -0.05) is 0 Å². The van der Waals surface area contributed by atoms with E-state index in [0.29, 0.717) is 24.5 Å². The van der Waals surface area contributed by atoms with Gasteiger partial charge in [0.2, 0.25) is 0 Å². The molecule has 6 heteroatoms. The van der Waals surface area contributed by atoms with E-state index in [1.807, 2.05) is 0 Å². The summed E-state index contributed by atoms with van der Waals surface area (Å²) in [6.45, 7) is 0.595. The fourth-order valence-electron chi connectivity index (χ4n) is 1.42. The average Bonchev–Trinajstić information content (AvgIpc) is 2.29. The highest BCUT2D eigenvalue weighted by Gasteiger charge is 2.13. The minimum Gasteiger partial charge on any atom is -0.395 e. The Kier molecular flexibility index (Phi) is 4.68. The molecule has 0 spiro atoms. The quantitative estimate of drug-likeness (QED) is 0.372. The van der Waals surface area contributed by atoms with Crippen molar-refractivity contribution >= 4 is 11.7 Å². The van der Waals surface area contributed by atoms with Crippen molar-refractivity contribution < 1.29 is 10.2 Å². The Morgan fingerprint density at radius 3 is 2.50 bits per heavy atom. The number of rotatable bonds is 6. The molecule has 0 aliphatic heterocycles. The highest BCUT2D eigenvalue weighted by atomic mass is 16.3. The molecular formula is C10H16N4O2. The second-order valence-corrected chi connectivity index (χ2v) is 3.22. The maximum atomic E-state index is 8.92. The normalized spacial score (nSPS) is 10.1. The van der Waals surface area contributed by atoms with E-state index in [1.165, 1.54) is 0 Å². The molecule has 1 heterocycles. The summed E-state index contributed by atoms with van der Waals surface area (Å²) in [5.41, 5.74) is 5.94. The molecule has 16 heavy (non-hydrogen) atoms. The van der Waals surface area contributed by atoms with Crippen molar-refractivity contribution in [2.75, 3.05) is 31.2 Å². The Morgan fingerprint density at radius 2 is 2.00 bits per heavy atom. The number of hydrogen-bond acceptors (Lipinski definition) is 5. The van der Waals surface area contributed by atoms with Crippen molar-refractivity contribution in [3.05, 3.63) is 23.9 Å². The molecule has 0 aromatic carbocycles. The summed E-state index contributed by atoms with van der Waals surface area (Å²) in [7, 11) is 0. The summed E-state index contributed by atoms with van der Waals surface area (Å²) >= 11 is 0. The standard InChI is InChI=1S/C10H16N4O2/c11-9(12)8-2-1-3-13-10(8)14(4-6-15)5-7-16/h1-3,15-16H,4-7H2,(H3,11,12). The number of aromatic nitrogens is 1. The maximum absolute atomic E-state index is 8.92. The molecule has 1 rings (SSSR count). The molecule has 6 nitrogen and oxygen atoms in total. The number of hydrogen-bond donors (Lipinski definition) is 4. The predicted octanol–water partition coefficient (Wildman–Crippen LogP) is -0.843. The van der Waals surface area contributed by atoms with Crippen molar-refractivity contribution in [1.29, 1.82) is 5.41 Å². The summed E-state index contributed by atoms with van der Waals surface area (Å²) in [6, 6.07) is 3.38. The molecule has 0 amide bonds. The molecule has 88 valence electrons.